The van der Waals surface area contributed by atoms with Crippen molar-refractivity contribution in [1.29, 1.82) is 0 Å². The zero-order chi connectivity index (χ0) is 18.8. The van der Waals surface area contributed by atoms with Crippen LogP contribution in [0.4, 0.5) is 10.5 Å². The maximum Gasteiger partial charge on any atom is 0.293 e. The molecular weight excluding hydrogens is 399 g/mol. The predicted octanol–water partition coefficient (Wildman–Crippen LogP) is 5.14. The van der Waals surface area contributed by atoms with Gasteiger partial charge in [0.15, 0.2) is 0 Å². The number of carbonyl (C=O) groups excluding carboxylic acids is 2. The van der Waals surface area contributed by atoms with Crippen LogP contribution in [-0.4, -0.2) is 21.0 Å². The summed E-state index contributed by atoms with van der Waals surface area (Å²) in [5.41, 5.74) is 0.783. The second-order valence-corrected chi connectivity index (χ2v) is 7.13. The number of carbonyl (C=O) groups is 2. The number of nitro benzene ring substituents is 1. The molecule has 26 heavy (non-hydrogen) atoms. The number of imide groups is 1. The van der Waals surface area contributed by atoms with Crippen LogP contribution in [-0.2, 0) is 11.3 Å². The highest BCUT2D eigenvalue weighted by Gasteiger charge is 2.35. The zero-order valence-electron chi connectivity index (χ0n) is 13.0. The van der Waals surface area contributed by atoms with Crippen molar-refractivity contribution in [2.45, 2.75) is 6.54 Å². The fourth-order valence-corrected chi connectivity index (χ4v) is 3.53. The van der Waals surface area contributed by atoms with Crippen molar-refractivity contribution < 1.29 is 14.5 Å². The van der Waals surface area contributed by atoms with Gasteiger partial charge in [-0.25, -0.2) is 0 Å². The monoisotopic (exact) mass is 408 g/mol. The van der Waals surface area contributed by atoms with Crippen molar-refractivity contribution in [3.05, 3.63) is 78.7 Å². The van der Waals surface area contributed by atoms with Gasteiger partial charge in [-0.05, 0) is 35.5 Å². The third-order valence-electron chi connectivity index (χ3n) is 3.64. The highest BCUT2D eigenvalue weighted by molar-refractivity contribution is 8.18. The Morgan fingerprint density at radius 2 is 1.85 bits per heavy atom. The Kier molecular flexibility index (Phi) is 5.31. The number of rotatable bonds is 4. The number of amides is 2. The average Bonchev–Trinajstić information content (AvgIpc) is 2.86. The molecule has 0 aliphatic carbocycles. The van der Waals surface area contributed by atoms with Crippen LogP contribution >= 0.6 is 35.0 Å². The van der Waals surface area contributed by atoms with E-state index in [1.54, 1.807) is 24.3 Å². The van der Waals surface area contributed by atoms with E-state index in [2.05, 4.69) is 0 Å². The van der Waals surface area contributed by atoms with Gasteiger partial charge in [-0.15, -0.1) is 0 Å². The van der Waals surface area contributed by atoms with Crippen LogP contribution in [0.15, 0.2) is 47.4 Å². The Balaban J connectivity index is 1.89. The summed E-state index contributed by atoms with van der Waals surface area (Å²) >= 11 is 12.9. The van der Waals surface area contributed by atoms with E-state index < -0.39 is 16.1 Å². The SMILES string of the molecule is O=C1S/C(=C\c2cc([N+](=O)[O-])ccc2Cl)C(=O)N1Cc1ccccc1Cl. The van der Waals surface area contributed by atoms with Crippen LogP contribution in [0.1, 0.15) is 11.1 Å². The van der Waals surface area contributed by atoms with Crippen LogP contribution in [0.2, 0.25) is 10.0 Å². The van der Waals surface area contributed by atoms with Gasteiger partial charge in [0.25, 0.3) is 16.8 Å². The van der Waals surface area contributed by atoms with Gasteiger partial charge in [0.2, 0.25) is 0 Å². The molecule has 1 fully saturated rings. The van der Waals surface area contributed by atoms with Crippen molar-refractivity contribution in [2.24, 2.45) is 0 Å². The molecule has 0 atom stereocenters. The Hall–Kier alpha value is -2.35. The predicted molar refractivity (Wildman–Crippen MR) is 101 cm³/mol. The first-order valence-electron chi connectivity index (χ1n) is 7.29. The third-order valence-corrected chi connectivity index (χ3v) is 5.26. The quantitative estimate of drug-likeness (QED) is 0.397. The van der Waals surface area contributed by atoms with E-state index in [1.165, 1.54) is 24.3 Å². The molecule has 9 heteroatoms. The number of non-ortho nitro benzene ring substituents is 1. The smallest absolute Gasteiger partial charge is 0.268 e. The van der Waals surface area contributed by atoms with E-state index in [0.717, 1.165) is 16.7 Å². The number of hydrogen-bond donors (Lipinski definition) is 0. The number of nitrogens with zero attached hydrogens (tertiary/aromatic N) is 2. The summed E-state index contributed by atoms with van der Waals surface area (Å²) in [6, 6.07) is 10.8. The molecule has 0 aromatic heterocycles. The van der Waals surface area contributed by atoms with Crippen molar-refractivity contribution >= 4 is 57.9 Å². The lowest BCUT2D eigenvalue weighted by molar-refractivity contribution is -0.384. The molecule has 0 N–H and O–H groups in total. The first-order chi connectivity index (χ1) is 12.4. The summed E-state index contributed by atoms with van der Waals surface area (Å²) in [7, 11) is 0. The first kappa shape index (κ1) is 18.4. The highest BCUT2D eigenvalue weighted by Crippen LogP contribution is 2.35. The van der Waals surface area contributed by atoms with Gasteiger partial charge in [-0.2, -0.15) is 0 Å². The zero-order valence-corrected chi connectivity index (χ0v) is 15.3. The number of hydrogen-bond acceptors (Lipinski definition) is 5. The molecule has 0 radical (unpaired) electrons. The van der Waals surface area contributed by atoms with Crippen LogP contribution in [0.3, 0.4) is 0 Å². The number of benzene rings is 2. The number of halogens is 2. The molecular formula is C17H10Cl2N2O4S. The normalized spacial score (nSPS) is 15.8. The second kappa shape index (κ2) is 7.49. The molecule has 0 bridgehead atoms. The lowest BCUT2D eigenvalue weighted by Gasteiger charge is -2.13. The summed E-state index contributed by atoms with van der Waals surface area (Å²) in [4.78, 5) is 36.3. The Labute approximate surface area is 162 Å². The molecule has 2 aromatic rings. The van der Waals surface area contributed by atoms with E-state index >= 15 is 0 Å². The van der Waals surface area contributed by atoms with E-state index in [9.17, 15) is 19.7 Å². The van der Waals surface area contributed by atoms with Crippen LogP contribution in [0, 0.1) is 10.1 Å². The molecule has 0 spiro atoms. The Morgan fingerprint density at radius 3 is 2.54 bits per heavy atom. The topological polar surface area (TPSA) is 80.5 Å². The molecule has 2 amide bonds. The van der Waals surface area contributed by atoms with Crippen molar-refractivity contribution in [2.75, 3.05) is 0 Å². The summed E-state index contributed by atoms with van der Waals surface area (Å²) in [5, 5.41) is 11.2. The fourth-order valence-electron chi connectivity index (χ4n) is 2.33. The van der Waals surface area contributed by atoms with Gasteiger partial charge >= 0.3 is 0 Å². The molecule has 3 rings (SSSR count). The molecule has 6 nitrogen and oxygen atoms in total. The van der Waals surface area contributed by atoms with E-state index in [-0.39, 0.29) is 22.2 Å². The molecule has 1 saturated heterocycles. The van der Waals surface area contributed by atoms with Gasteiger partial charge in [0.05, 0.1) is 16.4 Å². The molecule has 0 unspecified atom stereocenters. The second-order valence-electron chi connectivity index (χ2n) is 5.32. The molecule has 0 saturated carbocycles. The maximum atomic E-state index is 12.6. The summed E-state index contributed by atoms with van der Waals surface area (Å²) in [6.07, 6.45) is 1.38. The first-order valence-corrected chi connectivity index (χ1v) is 8.87. The van der Waals surface area contributed by atoms with E-state index in [1.807, 2.05) is 0 Å². The molecule has 2 aromatic carbocycles. The number of nitro groups is 1. The minimum absolute atomic E-state index is 0.0460. The largest absolute Gasteiger partial charge is 0.293 e. The molecule has 1 heterocycles. The molecule has 1 aliphatic heterocycles. The van der Waals surface area contributed by atoms with Crippen molar-refractivity contribution in [3.8, 4) is 0 Å². The average molecular weight is 409 g/mol. The van der Waals surface area contributed by atoms with Gasteiger partial charge in [-0.3, -0.25) is 24.6 Å². The van der Waals surface area contributed by atoms with Gasteiger partial charge in [0, 0.05) is 27.7 Å². The maximum absolute atomic E-state index is 12.6. The Morgan fingerprint density at radius 1 is 1.12 bits per heavy atom. The summed E-state index contributed by atoms with van der Waals surface area (Å²) in [6.45, 7) is 0.0460. The lowest BCUT2D eigenvalue weighted by atomic mass is 10.1. The highest BCUT2D eigenvalue weighted by atomic mass is 35.5. The van der Waals surface area contributed by atoms with Crippen molar-refractivity contribution in [1.82, 2.24) is 4.90 Å². The molecule has 132 valence electrons. The third kappa shape index (κ3) is 3.75. The van der Waals surface area contributed by atoms with Gasteiger partial charge < -0.3 is 0 Å². The minimum Gasteiger partial charge on any atom is -0.268 e. The van der Waals surface area contributed by atoms with Gasteiger partial charge in [0.1, 0.15) is 0 Å². The lowest BCUT2D eigenvalue weighted by Crippen LogP contribution is -2.27. The van der Waals surface area contributed by atoms with Crippen molar-refractivity contribution in [3.63, 3.8) is 0 Å². The Bertz CT molecular complexity index is 962. The van der Waals surface area contributed by atoms with E-state index in [0.29, 0.717) is 16.1 Å². The van der Waals surface area contributed by atoms with Crippen LogP contribution in [0.25, 0.3) is 6.08 Å². The van der Waals surface area contributed by atoms with Crippen LogP contribution < -0.4 is 0 Å². The minimum atomic E-state index is -0.559. The van der Waals surface area contributed by atoms with Crippen LogP contribution in [0.5, 0.6) is 0 Å². The standard InChI is InChI=1S/C17H10Cl2N2O4S/c18-13-4-2-1-3-10(13)9-20-16(22)15(26-17(20)23)8-11-7-12(21(24)25)5-6-14(11)19/h1-8H,9H2/b15-8-. The summed E-state index contributed by atoms with van der Waals surface area (Å²) < 4.78 is 0. The summed E-state index contributed by atoms with van der Waals surface area (Å²) in [5.74, 6) is -0.498. The molecule has 1 aliphatic rings. The van der Waals surface area contributed by atoms with Gasteiger partial charge in [-0.1, -0.05) is 41.4 Å². The fraction of sp³-hybridized carbons (Fsp3) is 0.0588. The van der Waals surface area contributed by atoms with E-state index in [4.69, 9.17) is 23.2 Å². The number of thioether (sulfide) groups is 1.